The maximum absolute atomic E-state index is 12.4. The molecule has 7 nitrogen and oxygen atoms in total. The molecule has 152 valence electrons. The van der Waals surface area contributed by atoms with Crippen molar-refractivity contribution in [3.05, 3.63) is 56.5 Å². The maximum atomic E-state index is 12.4. The Morgan fingerprint density at radius 3 is 2.62 bits per heavy atom. The second kappa shape index (κ2) is 8.48. The van der Waals surface area contributed by atoms with Gasteiger partial charge in [0.2, 0.25) is 0 Å². The van der Waals surface area contributed by atoms with E-state index in [4.69, 9.17) is 14.2 Å². The molecule has 29 heavy (non-hydrogen) atoms. The normalized spacial score (nSPS) is 12.3. The molecule has 1 N–H and O–H groups in total. The molecule has 8 heteroatoms. The summed E-state index contributed by atoms with van der Waals surface area (Å²) >= 11 is 1.45. The van der Waals surface area contributed by atoms with Crippen molar-refractivity contribution in [2.45, 2.75) is 26.9 Å². The van der Waals surface area contributed by atoms with Gasteiger partial charge in [0.05, 0.1) is 19.6 Å². The number of fused-ring (bicyclic) bond motifs is 1. The van der Waals surface area contributed by atoms with Crippen LogP contribution in [0.25, 0.3) is 16.3 Å². The number of methoxy groups -OCH3 is 2. The van der Waals surface area contributed by atoms with E-state index in [1.54, 1.807) is 45.4 Å². The number of H-pyrrole nitrogens is 1. The molecule has 3 rings (SSSR count). The lowest BCUT2D eigenvalue weighted by molar-refractivity contribution is -0.142. The van der Waals surface area contributed by atoms with Crippen molar-refractivity contribution in [3.8, 4) is 11.5 Å². The number of rotatable bonds is 6. The number of nitrogens with zero attached hydrogens (tertiary/aromatic N) is 1. The number of hydrogen-bond donors (Lipinski definition) is 1. The van der Waals surface area contributed by atoms with Crippen LogP contribution in [0.2, 0.25) is 0 Å². The maximum Gasteiger partial charge on any atom is 0.331 e. The minimum Gasteiger partial charge on any atom is -0.493 e. The number of aromatic amines is 1. The zero-order valence-electron chi connectivity index (χ0n) is 16.9. The van der Waals surface area contributed by atoms with Gasteiger partial charge in [-0.15, -0.1) is 11.3 Å². The Morgan fingerprint density at radius 1 is 1.21 bits per heavy atom. The van der Waals surface area contributed by atoms with Gasteiger partial charge in [-0.3, -0.25) is 4.79 Å². The van der Waals surface area contributed by atoms with Gasteiger partial charge in [-0.2, -0.15) is 0 Å². The summed E-state index contributed by atoms with van der Waals surface area (Å²) in [6, 6.07) is 5.30. The highest BCUT2D eigenvalue weighted by atomic mass is 32.1. The molecule has 1 atom stereocenters. The molecule has 0 fully saturated rings. The van der Waals surface area contributed by atoms with Crippen LogP contribution in [0.3, 0.4) is 0 Å². The van der Waals surface area contributed by atoms with Crippen LogP contribution in [0.4, 0.5) is 0 Å². The van der Waals surface area contributed by atoms with Crippen molar-refractivity contribution in [1.82, 2.24) is 9.97 Å². The molecule has 3 aromatic rings. The molecule has 0 bridgehead atoms. The second-order valence-corrected chi connectivity index (χ2v) is 7.64. The van der Waals surface area contributed by atoms with Gasteiger partial charge in [0.25, 0.3) is 5.56 Å². The predicted molar refractivity (Wildman–Crippen MR) is 113 cm³/mol. The van der Waals surface area contributed by atoms with Gasteiger partial charge in [-0.1, -0.05) is 6.07 Å². The first-order chi connectivity index (χ1) is 13.8. The van der Waals surface area contributed by atoms with Gasteiger partial charge < -0.3 is 19.2 Å². The topological polar surface area (TPSA) is 90.5 Å². The van der Waals surface area contributed by atoms with E-state index < -0.39 is 12.1 Å². The predicted octanol–water partition coefficient (Wildman–Crippen LogP) is 3.94. The largest absolute Gasteiger partial charge is 0.493 e. The molecule has 0 saturated carbocycles. The van der Waals surface area contributed by atoms with E-state index in [2.05, 4.69) is 9.97 Å². The number of ether oxygens (including phenoxy) is 3. The molecule has 0 aliphatic carbocycles. The summed E-state index contributed by atoms with van der Waals surface area (Å²) in [6.45, 7) is 5.51. The third-order valence-corrected chi connectivity index (χ3v) is 5.66. The molecule has 2 aromatic heterocycles. The Kier molecular flexibility index (Phi) is 6.03. The Hall–Kier alpha value is -3.13. The lowest BCUT2D eigenvalue weighted by atomic mass is 10.2. The number of esters is 1. The average molecular weight is 414 g/mol. The minimum absolute atomic E-state index is 0.226. The van der Waals surface area contributed by atoms with Gasteiger partial charge >= 0.3 is 5.97 Å². The first-order valence-corrected chi connectivity index (χ1v) is 9.76. The van der Waals surface area contributed by atoms with E-state index in [0.29, 0.717) is 27.5 Å². The molecule has 0 spiro atoms. The third-order valence-electron chi connectivity index (χ3n) is 4.55. The van der Waals surface area contributed by atoms with Crippen LogP contribution in [0.15, 0.2) is 29.1 Å². The number of thiophene rings is 1. The standard InChI is InChI=1S/C21H22N2O5S/c1-11-13(3)29-21-18(11)20(25)22-19(23-21)12(2)28-17(24)9-7-14-6-8-15(26-4)16(10-14)27-5/h6-10,12H,1-5H3,(H,22,23,25)/b9-7+/t12-/m1/s1. The number of carbonyl (C=O) groups excluding carboxylic acids is 1. The fraction of sp³-hybridized carbons (Fsp3) is 0.286. The molecular weight excluding hydrogens is 392 g/mol. The molecule has 0 saturated heterocycles. The summed E-state index contributed by atoms with van der Waals surface area (Å²) in [5.41, 5.74) is 1.45. The number of carbonyl (C=O) groups is 1. The number of nitrogens with one attached hydrogen (secondary N) is 1. The van der Waals surface area contributed by atoms with Crippen molar-refractivity contribution in [1.29, 1.82) is 0 Å². The third kappa shape index (κ3) is 4.32. The Bertz CT molecular complexity index is 1150. The van der Waals surface area contributed by atoms with Crippen LogP contribution >= 0.6 is 11.3 Å². The minimum atomic E-state index is -0.697. The number of benzene rings is 1. The van der Waals surface area contributed by atoms with Gasteiger partial charge in [-0.05, 0) is 50.1 Å². The smallest absolute Gasteiger partial charge is 0.331 e. The number of aryl methyl sites for hydroxylation is 2. The van der Waals surface area contributed by atoms with Crippen LogP contribution in [0.1, 0.15) is 34.9 Å². The summed E-state index contributed by atoms with van der Waals surface area (Å²) in [5, 5.41) is 0.586. The summed E-state index contributed by atoms with van der Waals surface area (Å²) < 4.78 is 15.8. The molecule has 0 unspecified atom stereocenters. The summed E-state index contributed by atoms with van der Waals surface area (Å²) in [6.07, 6.45) is 2.23. The van der Waals surface area contributed by atoms with E-state index in [1.807, 2.05) is 13.8 Å². The van der Waals surface area contributed by atoms with Crippen LogP contribution in [-0.4, -0.2) is 30.2 Å². The SMILES string of the molecule is COc1ccc(/C=C/C(=O)O[C@H](C)c2nc3sc(C)c(C)c3c(=O)[nH]2)cc1OC. The fourth-order valence-electron chi connectivity index (χ4n) is 2.85. The monoisotopic (exact) mass is 414 g/mol. The van der Waals surface area contributed by atoms with E-state index in [9.17, 15) is 9.59 Å². The summed E-state index contributed by atoms with van der Waals surface area (Å²) in [4.78, 5) is 33.4. The lowest BCUT2D eigenvalue weighted by Crippen LogP contribution is -2.16. The first kappa shape index (κ1) is 20.6. The highest BCUT2D eigenvalue weighted by Gasteiger charge is 2.17. The second-order valence-electron chi connectivity index (χ2n) is 6.44. The van der Waals surface area contributed by atoms with Crippen molar-refractivity contribution >= 4 is 33.6 Å². The zero-order valence-corrected chi connectivity index (χ0v) is 17.7. The quantitative estimate of drug-likeness (QED) is 0.485. The van der Waals surface area contributed by atoms with Crippen molar-refractivity contribution in [2.75, 3.05) is 14.2 Å². The summed E-state index contributed by atoms with van der Waals surface area (Å²) in [5.74, 6) is 0.934. The van der Waals surface area contributed by atoms with Crippen LogP contribution in [0.5, 0.6) is 11.5 Å². The van der Waals surface area contributed by atoms with E-state index in [1.165, 1.54) is 17.4 Å². The molecule has 2 heterocycles. The fourth-order valence-corrected chi connectivity index (χ4v) is 3.89. The van der Waals surface area contributed by atoms with Crippen molar-refractivity contribution in [3.63, 3.8) is 0 Å². The van der Waals surface area contributed by atoms with Crippen LogP contribution in [0, 0.1) is 13.8 Å². The molecule has 0 aliphatic heterocycles. The van der Waals surface area contributed by atoms with Gasteiger partial charge in [-0.25, -0.2) is 9.78 Å². The van der Waals surface area contributed by atoms with Crippen molar-refractivity contribution < 1.29 is 19.0 Å². The van der Waals surface area contributed by atoms with Gasteiger partial charge in [0.1, 0.15) is 4.83 Å². The molecule has 0 amide bonds. The van der Waals surface area contributed by atoms with Crippen LogP contribution in [-0.2, 0) is 9.53 Å². The van der Waals surface area contributed by atoms with Crippen LogP contribution < -0.4 is 15.0 Å². The average Bonchev–Trinajstić information content (AvgIpc) is 3.00. The first-order valence-electron chi connectivity index (χ1n) is 8.94. The Balaban J connectivity index is 1.74. The van der Waals surface area contributed by atoms with Gasteiger partial charge in [0, 0.05) is 11.0 Å². The van der Waals surface area contributed by atoms with Crippen molar-refractivity contribution in [2.24, 2.45) is 0 Å². The highest BCUT2D eigenvalue weighted by Crippen LogP contribution is 2.28. The summed E-state index contributed by atoms with van der Waals surface area (Å²) in [7, 11) is 3.10. The number of aromatic nitrogens is 2. The number of hydrogen-bond acceptors (Lipinski definition) is 7. The Labute approximate surface area is 172 Å². The van der Waals surface area contributed by atoms with E-state index in [-0.39, 0.29) is 5.56 Å². The Morgan fingerprint density at radius 2 is 1.93 bits per heavy atom. The highest BCUT2D eigenvalue weighted by molar-refractivity contribution is 7.18. The van der Waals surface area contributed by atoms with E-state index >= 15 is 0 Å². The van der Waals surface area contributed by atoms with E-state index in [0.717, 1.165) is 16.0 Å². The zero-order chi connectivity index (χ0) is 21.1. The molecular formula is C21H22N2O5S. The van der Waals surface area contributed by atoms with Gasteiger partial charge in [0.15, 0.2) is 23.4 Å². The molecule has 0 aliphatic rings. The lowest BCUT2D eigenvalue weighted by Gasteiger charge is -2.11. The molecule has 0 radical (unpaired) electrons. The molecule has 1 aromatic carbocycles.